The Morgan fingerprint density at radius 3 is 2.81 bits per heavy atom. The molecule has 0 amide bonds. The van der Waals surface area contributed by atoms with Crippen LogP contribution in [0.5, 0.6) is 11.5 Å². The van der Waals surface area contributed by atoms with Gasteiger partial charge in [-0.25, -0.2) is 4.39 Å². The lowest BCUT2D eigenvalue weighted by molar-refractivity contribution is 0.480. The maximum Gasteiger partial charge on any atom is 0.138 e. The van der Waals surface area contributed by atoms with Crippen LogP contribution in [0.3, 0.4) is 0 Å². The summed E-state index contributed by atoms with van der Waals surface area (Å²) in [6.07, 6.45) is 1.70. The van der Waals surface area contributed by atoms with E-state index in [1.54, 1.807) is 18.3 Å². The van der Waals surface area contributed by atoms with Crippen molar-refractivity contribution in [2.45, 2.75) is 0 Å². The molecule has 0 saturated carbocycles. The highest BCUT2D eigenvalue weighted by Crippen LogP contribution is 2.27. The van der Waals surface area contributed by atoms with Crippen molar-refractivity contribution in [1.82, 2.24) is 4.98 Å². The minimum Gasteiger partial charge on any atom is -0.457 e. The molecule has 5 heteroatoms. The molecule has 0 bridgehead atoms. The third-order valence-corrected chi connectivity index (χ3v) is 3.04. The van der Waals surface area contributed by atoms with E-state index in [2.05, 4.69) is 4.98 Å². The standard InChI is InChI=1S/C16H12FN3O/c17-11-4-6-15(13(8-11)16(18)19)21-12-5-3-10-2-1-7-20-14(10)9-12/h1-9H,(H3,18,19). The first-order valence-electron chi connectivity index (χ1n) is 6.30. The maximum atomic E-state index is 13.2. The molecule has 0 unspecified atom stereocenters. The molecule has 0 atom stereocenters. The molecule has 0 spiro atoms. The predicted molar refractivity (Wildman–Crippen MR) is 79.2 cm³/mol. The number of hydrogen-bond donors (Lipinski definition) is 2. The zero-order valence-corrected chi connectivity index (χ0v) is 11.0. The second kappa shape index (κ2) is 5.20. The van der Waals surface area contributed by atoms with E-state index in [1.165, 1.54) is 18.2 Å². The summed E-state index contributed by atoms with van der Waals surface area (Å²) in [4.78, 5) is 4.25. The second-order valence-corrected chi connectivity index (χ2v) is 4.51. The van der Waals surface area contributed by atoms with Crippen LogP contribution in [0.2, 0.25) is 0 Å². The van der Waals surface area contributed by atoms with Gasteiger partial charge in [0.15, 0.2) is 0 Å². The molecule has 0 aliphatic carbocycles. The highest BCUT2D eigenvalue weighted by atomic mass is 19.1. The fourth-order valence-corrected chi connectivity index (χ4v) is 2.04. The highest BCUT2D eigenvalue weighted by molar-refractivity contribution is 5.97. The van der Waals surface area contributed by atoms with Crippen molar-refractivity contribution >= 4 is 16.7 Å². The summed E-state index contributed by atoms with van der Waals surface area (Å²) >= 11 is 0. The molecule has 3 rings (SSSR count). The zero-order chi connectivity index (χ0) is 14.8. The number of hydrogen-bond acceptors (Lipinski definition) is 3. The summed E-state index contributed by atoms with van der Waals surface area (Å²) in [7, 11) is 0. The van der Waals surface area contributed by atoms with Crippen molar-refractivity contribution < 1.29 is 9.13 Å². The number of halogens is 1. The fourth-order valence-electron chi connectivity index (χ4n) is 2.04. The Kier molecular flexibility index (Phi) is 3.23. The van der Waals surface area contributed by atoms with Crippen molar-refractivity contribution in [3.63, 3.8) is 0 Å². The zero-order valence-electron chi connectivity index (χ0n) is 11.0. The van der Waals surface area contributed by atoms with Crippen molar-refractivity contribution in [2.24, 2.45) is 5.73 Å². The number of amidine groups is 1. The largest absolute Gasteiger partial charge is 0.457 e. The number of nitrogens with zero attached hydrogens (tertiary/aromatic N) is 1. The van der Waals surface area contributed by atoms with Gasteiger partial charge in [0.05, 0.1) is 11.1 Å². The van der Waals surface area contributed by atoms with Gasteiger partial charge >= 0.3 is 0 Å². The van der Waals surface area contributed by atoms with Crippen LogP contribution in [-0.2, 0) is 0 Å². The number of rotatable bonds is 3. The van der Waals surface area contributed by atoms with Crippen LogP contribution in [-0.4, -0.2) is 10.8 Å². The van der Waals surface area contributed by atoms with Gasteiger partial charge in [-0.3, -0.25) is 10.4 Å². The topological polar surface area (TPSA) is 72.0 Å². The summed E-state index contributed by atoms with van der Waals surface area (Å²) in [5, 5.41) is 8.48. The molecule has 0 fully saturated rings. The molecule has 0 saturated heterocycles. The number of nitrogen functional groups attached to an aromatic ring is 1. The Balaban J connectivity index is 2.00. The van der Waals surface area contributed by atoms with E-state index in [0.717, 1.165) is 10.9 Å². The molecular formula is C16H12FN3O. The summed E-state index contributed by atoms with van der Waals surface area (Å²) < 4.78 is 18.9. The average Bonchev–Trinajstić information content (AvgIpc) is 2.49. The third kappa shape index (κ3) is 2.67. The van der Waals surface area contributed by atoms with E-state index in [-0.39, 0.29) is 11.4 Å². The monoisotopic (exact) mass is 281 g/mol. The molecular weight excluding hydrogens is 269 g/mol. The predicted octanol–water partition coefficient (Wildman–Crippen LogP) is 3.45. The molecule has 0 radical (unpaired) electrons. The summed E-state index contributed by atoms with van der Waals surface area (Å²) in [6, 6.07) is 13.2. The van der Waals surface area contributed by atoms with Crippen LogP contribution in [0.4, 0.5) is 4.39 Å². The molecule has 104 valence electrons. The Morgan fingerprint density at radius 2 is 2.00 bits per heavy atom. The van der Waals surface area contributed by atoms with Crippen molar-refractivity contribution in [1.29, 1.82) is 5.41 Å². The van der Waals surface area contributed by atoms with E-state index < -0.39 is 5.82 Å². The maximum absolute atomic E-state index is 13.2. The number of nitrogens with two attached hydrogens (primary N) is 1. The minimum absolute atomic E-state index is 0.219. The van der Waals surface area contributed by atoms with Gasteiger partial charge in [0, 0.05) is 17.6 Å². The summed E-state index contributed by atoms with van der Waals surface area (Å²) in [6.45, 7) is 0. The average molecular weight is 281 g/mol. The van der Waals surface area contributed by atoms with Gasteiger partial charge in [-0.05, 0) is 36.4 Å². The molecule has 21 heavy (non-hydrogen) atoms. The van der Waals surface area contributed by atoms with Crippen molar-refractivity contribution in [3.8, 4) is 11.5 Å². The quantitative estimate of drug-likeness (QED) is 0.570. The first kappa shape index (κ1) is 13.1. The summed E-state index contributed by atoms with van der Waals surface area (Å²) in [5.74, 6) is 0.172. The van der Waals surface area contributed by atoms with Crippen molar-refractivity contribution in [3.05, 3.63) is 66.1 Å². The molecule has 3 aromatic rings. The van der Waals surface area contributed by atoms with Gasteiger partial charge in [0.25, 0.3) is 0 Å². The van der Waals surface area contributed by atoms with Crippen LogP contribution in [0.15, 0.2) is 54.7 Å². The van der Waals surface area contributed by atoms with Gasteiger partial charge in [-0.1, -0.05) is 6.07 Å². The van der Waals surface area contributed by atoms with Gasteiger partial charge in [-0.2, -0.15) is 0 Å². The number of benzene rings is 2. The SMILES string of the molecule is N=C(N)c1cc(F)ccc1Oc1ccc2cccnc2c1. The van der Waals surface area contributed by atoms with Gasteiger partial charge in [0.2, 0.25) is 0 Å². The molecule has 0 aliphatic rings. The molecule has 2 aromatic carbocycles. The normalized spacial score (nSPS) is 10.5. The lowest BCUT2D eigenvalue weighted by Gasteiger charge is -2.10. The number of fused-ring (bicyclic) bond motifs is 1. The number of pyridine rings is 1. The number of aromatic nitrogens is 1. The van der Waals surface area contributed by atoms with Crippen LogP contribution >= 0.6 is 0 Å². The minimum atomic E-state index is -0.465. The second-order valence-electron chi connectivity index (χ2n) is 4.51. The van der Waals surface area contributed by atoms with Gasteiger partial charge in [-0.15, -0.1) is 0 Å². The molecule has 0 aliphatic heterocycles. The first-order valence-corrected chi connectivity index (χ1v) is 6.30. The Morgan fingerprint density at radius 1 is 1.14 bits per heavy atom. The first-order chi connectivity index (χ1) is 10.1. The van der Waals surface area contributed by atoms with Gasteiger partial charge in [0.1, 0.15) is 23.2 Å². The van der Waals surface area contributed by atoms with Gasteiger partial charge < -0.3 is 10.5 Å². The van der Waals surface area contributed by atoms with E-state index in [4.69, 9.17) is 15.9 Å². The Bertz CT molecular complexity index is 833. The lowest BCUT2D eigenvalue weighted by Crippen LogP contribution is -2.12. The van der Waals surface area contributed by atoms with Crippen LogP contribution < -0.4 is 10.5 Å². The highest BCUT2D eigenvalue weighted by Gasteiger charge is 2.09. The van der Waals surface area contributed by atoms with Crippen molar-refractivity contribution in [2.75, 3.05) is 0 Å². The Labute approximate surface area is 120 Å². The molecule has 3 N–H and O–H groups in total. The number of nitrogens with one attached hydrogen (secondary N) is 1. The molecule has 1 aromatic heterocycles. The van der Waals surface area contributed by atoms with E-state index >= 15 is 0 Å². The van der Waals surface area contributed by atoms with Crippen LogP contribution in [0.1, 0.15) is 5.56 Å². The smallest absolute Gasteiger partial charge is 0.138 e. The van der Waals surface area contributed by atoms with Crippen LogP contribution in [0, 0.1) is 11.2 Å². The fraction of sp³-hybridized carbons (Fsp3) is 0. The van der Waals surface area contributed by atoms with E-state index in [1.807, 2.05) is 18.2 Å². The van der Waals surface area contributed by atoms with E-state index in [0.29, 0.717) is 11.5 Å². The number of ether oxygens (including phenoxy) is 1. The molecule has 4 nitrogen and oxygen atoms in total. The Hall–Kier alpha value is -2.95. The third-order valence-electron chi connectivity index (χ3n) is 3.04. The lowest BCUT2D eigenvalue weighted by atomic mass is 10.1. The summed E-state index contributed by atoms with van der Waals surface area (Å²) in [5.41, 5.74) is 6.46. The molecule has 1 heterocycles. The van der Waals surface area contributed by atoms with Crippen LogP contribution in [0.25, 0.3) is 10.9 Å². The van der Waals surface area contributed by atoms with E-state index in [9.17, 15) is 4.39 Å².